The average Bonchev–Trinajstić information content (AvgIpc) is 2.51. The van der Waals surface area contributed by atoms with E-state index >= 15 is 0 Å². The molecule has 5 heteroatoms. The Morgan fingerprint density at radius 2 is 2.10 bits per heavy atom. The first kappa shape index (κ1) is 17.5. The number of hydrogen-bond acceptors (Lipinski definition) is 5. The molecule has 0 aliphatic carbocycles. The lowest BCUT2D eigenvalue weighted by Gasteiger charge is -2.20. The lowest BCUT2D eigenvalue weighted by atomic mass is 10.1. The van der Waals surface area contributed by atoms with E-state index in [1.165, 1.54) is 0 Å². The highest BCUT2D eigenvalue weighted by Crippen LogP contribution is 2.20. The van der Waals surface area contributed by atoms with E-state index in [0.29, 0.717) is 26.1 Å². The predicted octanol–water partition coefficient (Wildman–Crippen LogP) is 1.93. The Morgan fingerprint density at radius 3 is 2.67 bits per heavy atom. The van der Waals surface area contributed by atoms with Crippen LogP contribution in [0.3, 0.4) is 0 Å². The molecule has 1 rings (SSSR count). The minimum atomic E-state index is -0.146. The number of nitrogens with zero attached hydrogens (tertiary/aromatic N) is 1. The molecule has 0 aromatic heterocycles. The lowest BCUT2D eigenvalue weighted by molar-refractivity contribution is -0.143. The fourth-order valence-corrected chi connectivity index (χ4v) is 2.15. The maximum Gasteiger partial charge on any atom is 0.307 e. The molecule has 1 aromatic carbocycles. The van der Waals surface area contributed by atoms with Crippen LogP contribution in [-0.4, -0.2) is 37.7 Å². The van der Waals surface area contributed by atoms with Gasteiger partial charge in [0.2, 0.25) is 0 Å². The number of benzene rings is 1. The Bertz CT molecular complexity index is 449. The smallest absolute Gasteiger partial charge is 0.307 e. The van der Waals surface area contributed by atoms with Crippen LogP contribution in [0.25, 0.3) is 0 Å². The maximum absolute atomic E-state index is 11.4. The Hall–Kier alpha value is -1.59. The zero-order valence-corrected chi connectivity index (χ0v) is 13.2. The lowest BCUT2D eigenvalue weighted by Crippen LogP contribution is -2.26. The van der Waals surface area contributed by atoms with Crippen molar-refractivity contribution >= 4 is 5.97 Å². The molecule has 0 spiro atoms. The summed E-state index contributed by atoms with van der Waals surface area (Å²) in [5, 5.41) is 0. The highest BCUT2D eigenvalue weighted by molar-refractivity contribution is 5.69. The molecule has 0 aliphatic rings. The van der Waals surface area contributed by atoms with Gasteiger partial charge in [-0.3, -0.25) is 9.69 Å². The summed E-state index contributed by atoms with van der Waals surface area (Å²) < 4.78 is 10.3. The van der Waals surface area contributed by atoms with Crippen molar-refractivity contribution in [3.05, 3.63) is 29.3 Å². The number of rotatable bonds is 9. The van der Waals surface area contributed by atoms with Crippen LogP contribution in [0.15, 0.2) is 18.2 Å². The first-order valence-corrected chi connectivity index (χ1v) is 7.38. The zero-order valence-electron chi connectivity index (χ0n) is 13.2. The number of carbonyl (C=O) groups is 1. The van der Waals surface area contributed by atoms with E-state index in [1.54, 1.807) is 7.11 Å². The van der Waals surface area contributed by atoms with Crippen LogP contribution < -0.4 is 10.5 Å². The van der Waals surface area contributed by atoms with Gasteiger partial charge < -0.3 is 15.2 Å². The minimum absolute atomic E-state index is 0.146. The highest BCUT2D eigenvalue weighted by Gasteiger charge is 2.10. The van der Waals surface area contributed by atoms with Crippen LogP contribution >= 0.6 is 0 Å². The Kier molecular flexibility index (Phi) is 7.79. The third-order valence-corrected chi connectivity index (χ3v) is 3.36. The van der Waals surface area contributed by atoms with Gasteiger partial charge in [-0.05, 0) is 25.1 Å². The largest absolute Gasteiger partial charge is 0.496 e. The van der Waals surface area contributed by atoms with Crippen molar-refractivity contribution in [2.45, 2.75) is 33.4 Å². The third kappa shape index (κ3) is 5.73. The van der Waals surface area contributed by atoms with Gasteiger partial charge in [-0.15, -0.1) is 0 Å². The Balaban J connectivity index is 2.62. The quantitative estimate of drug-likeness (QED) is 0.705. The first-order chi connectivity index (χ1) is 10.1. The maximum atomic E-state index is 11.4. The third-order valence-electron chi connectivity index (χ3n) is 3.36. The fraction of sp³-hybridized carbons (Fsp3) is 0.562. The van der Waals surface area contributed by atoms with E-state index in [2.05, 4.69) is 17.9 Å². The molecule has 0 amide bonds. The van der Waals surface area contributed by atoms with Crippen LogP contribution in [0.5, 0.6) is 5.75 Å². The van der Waals surface area contributed by atoms with Crippen molar-refractivity contribution < 1.29 is 14.3 Å². The van der Waals surface area contributed by atoms with Gasteiger partial charge in [-0.25, -0.2) is 0 Å². The van der Waals surface area contributed by atoms with Gasteiger partial charge in [0.15, 0.2) is 0 Å². The van der Waals surface area contributed by atoms with Gasteiger partial charge in [0.25, 0.3) is 0 Å². The van der Waals surface area contributed by atoms with E-state index in [9.17, 15) is 4.79 Å². The number of carbonyl (C=O) groups excluding carboxylic acids is 1. The molecule has 5 nitrogen and oxygen atoms in total. The molecule has 0 aliphatic heterocycles. The zero-order chi connectivity index (χ0) is 15.7. The van der Waals surface area contributed by atoms with Gasteiger partial charge in [0, 0.05) is 25.2 Å². The number of hydrogen-bond donors (Lipinski definition) is 1. The van der Waals surface area contributed by atoms with Crippen LogP contribution in [0, 0.1) is 0 Å². The van der Waals surface area contributed by atoms with Gasteiger partial charge in [0.05, 0.1) is 20.1 Å². The molecule has 0 radical (unpaired) electrons. The van der Waals surface area contributed by atoms with Crippen molar-refractivity contribution in [2.75, 3.05) is 26.8 Å². The van der Waals surface area contributed by atoms with Crippen LogP contribution in [-0.2, 0) is 22.6 Å². The SMILES string of the molecule is CCOC(=O)CCN(CC)Cc1ccc(CN)c(OC)c1. The second-order valence-corrected chi connectivity index (χ2v) is 4.77. The summed E-state index contributed by atoms with van der Waals surface area (Å²) in [6, 6.07) is 6.06. The topological polar surface area (TPSA) is 64.8 Å². The normalized spacial score (nSPS) is 10.7. The Labute approximate surface area is 127 Å². The number of methoxy groups -OCH3 is 1. The van der Waals surface area contributed by atoms with Crippen molar-refractivity contribution in [2.24, 2.45) is 5.73 Å². The summed E-state index contributed by atoms with van der Waals surface area (Å²) in [4.78, 5) is 13.6. The molecule has 0 saturated carbocycles. The Morgan fingerprint density at radius 1 is 1.33 bits per heavy atom. The molecular formula is C16H26N2O3. The molecule has 2 N–H and O–H groups in total. The number of ether oxygens (including phenoxy) is 2. The second kappa shape index (κ2) is 9.37. The number of esters is 1. The van der Waals surface area contributed by atoms with Crippen molar-refractivity contribution in [1.82, 2.24) is 4.90 Å². The van der Waals surface area contributed by atoms with E-state index in [0.717, 1.165) is 30.0 Å². The molecule has 0 heterocycles. The van der Waals surface area contributed by atoms with Crippen molar-refractivity contribution in [3.63, 3.8) is 0 Å². The molecule has 0 saturated heterocycles. The molecule has 118 valence electrons. The fourth-order valence-electron chi connectivity index (χ4n) is 2.15. The summed E-state index contributed by atoms with van der Waals surface area (Å²) in [6.07, 6.45) is 0.416. The van der Waals surface area contributed by atoms with Crippen LogP contribution in [0.2, 0.25) is 0 Å². The van der Waals surface area contributed by atoms with E-state index in [4.69, 9.17) is 15.2 Å². The van der Waals surface area contributed by atoms with Gasteiger partial charge in [-0.2, -0.15) is 0 Å². The first-order valence-electron chi connectivity index (χ1n) is 7.38. The minimum Gasteiger partial charge on any atom is -0.496 e. The van der Waals surface area contributed by atoms with Gasteiger partial charge >= 0.3 is 5.97 Å². The molecule has 0 atom stereocenters. The van der Waals surface area contributed by atoms with Gasteiger partial charge in [0.1, 0.15) is 5.75 Å². The molecular weight excluding hydrogens is 268 g/mol. The summed E-state index contributed by atoms with van der Waals surface area (Å²) in [5.74, 6) is 0.670. The highest BCUT2D eigenvalue weighted by atomic mass is 16.5. The van der Waals surface area contributed by atoms with E-state index < -0.39 is 0 Å². The van der Waals surface area contributed by atoms with E-state index in [-0.39, 0.29) is 5.97 Å². The van der Waals surface area contributed by atoms with Gasteiger partial charge in [-0.1, -0.05) is 19.1 Å². The summed E-state index contributed by atoms with van der Waals surface area (Å²) in [5.41, 5.74) is 7.82. The molecule has 1 aromatic rings. The average molecular weight is 294 g/mol. The number of nitrogens with two attached hydrogens (primary N) is 1. The summed E-state index contributed by atoms with van der Waals surface area (Å²) >= 11 is 0. The molecule has 0 unspecified atom stereocenters. The van der Waals surface area contributed by atoms with Crippen molar-refractivity contribution in [1.29, 1.82) is 0 Å². The molecule has 0 fully saturated rings. The predicted molar refractivity (Wildman–Crippen MR) is 83.1 cm³/mol. The summed E-state index contributed by atoms with van der Waals surface area (Å²) in [6.45, 7) is 7.14. The summed E-state index contributed by atoms with van der Waals surface area (Å²) in [7, 11) is 1.65. The van der Waals surface area contributed by atoms with Crippen molar-refractivity contribution in [3.8, 4) is 5.75 Å². The molecule has 0 bridgehead atoms. The van der Waals surface area contributed by atoms with Crippen LogP contribution in [0.4, 0.5) is 0 Å². The van der Waals surface area contributed by atoms with E-state index in [1.807, 2.05) is 19.1 Å². The monoisotopic (exact) mass is 294 g/mol. The molecule has 21 heavy (non-hydrogen) atoms. The van der Waals surface area contributed by atoms with Crippen LogP contribution in [0.1, 0.15) is 31.4 Å². The second-order valence-electron chi connectivity index (χ2n) is 4.77. The standard InChI is InChI=1S/C16H26N2O3/c1-4-18(9-8-16(19)21-5-2)12-13-6-7-14(11-17)15(10-13)20-3/h6-7,10H,4-5,8-9,11-12,17H2,1-3H3.